The SMILES string of the molecule is CC/C=C/C(=O)Oc1ccc(S(=O)(=O)O)c2ccccc12. The van der Waals surface area contributed by atoms with E-state index in [1.165, 1.54) is 24.3 Å². The average Bonchev–Trinajstić information content (AvgIpc) is 2.44. The second-order valence-corrected chi connectivity index (χ2v) is 5.70. The topological polar surface area (TPSA) is 80.7 Å². The summed E-state index contributed by atoms with van der Waals surface area (Å²) in [7, 11) is -4.34. The molecule has 2 rings (SSSR count). The molecule has 2 aromatic rings. The van der Waals surface area contributed by atoms with Crippen molar-refractivity contribution in [1.29, 1.82) is 0 Å². The van der Waals surface area contributed by atoms with Crippen molar-refractivity contribution in [3.05, 3.63) is 48.6 Å². The van der Waals surface area contributed by atoms with Crippen molar-refractivity contribution in [3.8, 4) is 5.75 Å². The van der Waals surface area contributed by atoms with Crippen molar-refractivity contribution in [2.24, 2.45) is 0 Å². The third kappa shape index (κ3) is 3.48. The van der Waals surface area contributed by atoms with Crippen molar-refractivity contribution >= 4 is 26.9 Å². The molecule has 6 heteroatoms. The summed E-state index contributed by atoms with van der Waals surface area (Å²) in [5, 5.41) is 0.732. The van der Waals surface area contributed by atoms with E-state index in [9.17, 15) is 17.8 Å². The molecule has 0 amide bonds. The summed E-state index contributed by atoms with van der Waals surface area (Å²) in [6.07, 6.45) is 3.68. The summed E-state index contributed by atoms with van der Waals surface area (Å²) < 4.78 is 37.1. The number of benzene rings is 2. The molecule has 0 saturated carbocycles. The highest BCUT2D eigenvalue weighted by molar-refractivity contribution is 7.86. The molecule has 0 aliphatic carbocycles. The molecule has 0 atom stereocenters. The first-order valence-corrected chi connectivity index (χ1v) is 7.75. The van der Waals surface area contributed by atoms with Crippen molar-refractivity contribution in [2.75, 3.05) is 0 Å². The maximum atomic E-state index is 11.6. The highest BCUT2D eigenvalue weighted by Crippen LogP contribution is 2.31. The number of hydrogen-bond donors (Lipinski definition) is 1. The van der Waals surface area contributed by atoms with Gasteiger partial charge in [0.1, 0.15) is 10.6 Å². The van der Waals surface area contributed by atoms with Crippen LogP contribution in [0.1, 0.15) is 13.3 Å². The van der Waals surface area contributed by atoms with Gasteiger partial charge in [-0.2, -0.15) is 8.42 Å². The zero-order valence-corrected chi connectivity index (χ0v) is 12.1. The standard InChI is InChI=1S/C15H14O5S/c1-2-3-8-15(16)20-13-9-10-14(21(17,18)19)12-7-5-4-6-11(12)13/h3-10H,2H2,1H3,(H,17,18,19)/b8-3+. The van der Waals surface area contributed by atoms with Gasteiger partial charge in [-0.3, -0.25) is 4.55 Å². The number of fused-ring (bicyclic) bond motifs is 1. The Balaban J connectivity index is 2.53. The maximum Gasteiger partial charge on any atom is 0.335 e. The second-order valence-electron chi connectivity index (χ2n) is 4.31. The number of carbonyl (C=O) groups excluding carboxylic acids is 1. The van der Waals surface area contributed by atoms with E-state index in [-0.39, 0.29) is 10.6 Å². The summed E-state index contributed by atoms with van der Waals surface area (Å²) in [6, 6.07) is 9.05. The van der Waals surface area contributed by atoms with Gasteiger partial charge in [0.15, 0.2) is 0 Å². The molecule has 0 bridgehead atoms. The van der Waals surface area contributed by atoms with Crippen LogP contribution in [-0.4, -0.2) is 18.9 Å². The Hall–Kier alpha value is -2.18. The fourth-order valence-electron chi connectivity index (χ4n) is 1.91. The smallest absolute Gasteiger partial charge is 0.335 e. The first-order chi connectivity index (χ1) is 9.93. The predicted molar refractivity (Wildman–Crippen MR) is 78.8 cm³/mol. The van der Waals surface area contributed by atoms with Gasteiger partial charge in [-0.1, -0.05) is 37.3 Å². The highest BCUT2D eigenvalue weighted by Gasteiger charge is 2.16. The van der Waals surface area contributed by atoms with Crippen molar-refractivity contribution in [1.82, 2.24) is 0 Å². The van der Waals surface area contributed by atoms with Gasteiger partial charge in [-0.15, -0.1) is 0 Å². The highest BCUT2D eigenvalue weighted by atomic mass is 32.2. The average molecular weight is 306 g/mol. The van der Waals surface area contributed by atoms with Gasteiger partial charge in [-0.25, -0.2) is 4.79 Å². The van der Waals surface area contributed by atoms with Crippen LogP contribution in [0.2, 0.25) is 0 Å². The molecule has 0 radical (unpaired) electrons. The van der Waals surface area contributed by atoms with E-state index in [1.807, 2.05) is 6.92 Å². The van der Waals surface area contributed by atoms with Crippen LogP contribution in [0.4, 0.5) is 0 Å². The van der Waals surface area contributed by atoms with Crippen molar-refractivity contribution in [3.63, 3.8) is 0 Å². The lowest BCUT2D eigenvalue weighted by atomic mass is 10.1. The first kappa shape index (κ1) is 15.2. The predicted octanol–water partition coefficient (Wildman–Crippen LogP) is 2.96. The largest absolute Gasteiger partial charge is 0.423 e. The Bertz CT molecular complexity index is 806. The molecule has 0 heterocycles. The zero-order chi connectivity index (χ0) is 15.5. The Labute approximate surface area is 122 Å². The number of esters is 1. The van der Waals surface area contributed by atoms with Crippen LogP contribution in [-0.2, 0) is 14.9 Å². The summed E-state index contributed by atoms with van der Waals surface area (Å²) >= 11 is 0. The van der Waals surface area contributed by atoms with Crippen molar-refractivity contribution in [2.45, 2.75) is 18.2 Å². The Morgan fingerprint density at radius 1 is 1.19 bits per heavy atom. The van der Waals surface area contributed by atoms with Crippen LogP contribution in [0, 0.1) is 0 Å². The lowest BCUT2D eigenvalue weighted by Gasteiger charge is -2.09. The number of ether oxygens (including phenoxy) is 1. The number of rotatable bonds is 4. The second kappa shape index (κ2) is 6.07. The van der Waals surface area contributed by atoms with Gasteiger partial charge in [0, 0.05) is 16.8 Å². The van der Waals surface area contributed by atoms with E-state index in [4.69, 9.17) is 4.74 Å². The van der Waals surface area contributed by atoms with Crippen LogP contribution in [0.25, 0.3) is 10.8 Å². The Morgan fingerprint density at radius 3 is 2.48 bits per heavy atom. The number of allylic oxidation sites excluding steroid dienone is 1. The molecule has 110 valence electrons. The van der Waals surface area contributed by atoms with E-state index >= 15 is 0 Å². The molecular formula is C15H14O5S. The Morgan fingerprint density at radius 2 is 1.86 bits per heavy atom. The summed E-state index contributed by atoms with van der Waals surface area (Å²) in [4.78, 5) is 11.4. The molecule has 0 aliphatic heterocycles. The molecule has 0 saturated heterocycles. The molecule has 0 aliphatic rings. The van der Waals surface area contributed by atoms with Crippen LogP contribution < -0.4 is 4.74 Å². The maximum absolute atomic E-state index is 11.6. The van der Waals surface area contributed by atoms with Gasteiger partial charge >= 0.3 is 5.97 Å². The third-order valence-electron chi connectivity index (χ3n) is 2.82. The monoisotopic (exact) mass is 306 g/mol. The first-order valence-electron chi connectivity index (χ1n) is 6.31. The molecule has 21 heavy (non-hydrogen) atoms. The van der Waals surface area contributed by atoms with Gasteiger partial charge in [-0.05, 0) is 18.6 Å². The molecular weight excluding hydrogens is 292 g/mol. The van der Waals surface area contributed by atoms with Crippen LogP contribution >= 0.6 is 0 Å². The van der Waals surface area contributed by atoms with E-state index in [2.05, 4.69) is 0 Å². The number of carbonyl (C=O) groups is 1. The van der Waals surface area contributed by atoms with E-state index in [0.717, 1.165) is 0 Å². The summed E-state index contributed by atoms with van der Waals surface area (Å²) in [5.74, 6) is -0.301. The van der Waals surface area contributed by atoms with Gasteiger partial charge in [0.2, 0.25) is 0 Å². The Kier molecular flexibility index (Phi) is 4.40. The third-order valence-corrected chi connectivity index (χ3v) is 3.73. The number of hydrogen-bond acceptors (Lipinski definition) is 4. The molecule has 0 fully saturated rings. The van der Waals surface area contributed by atoms with E-state index in [0.29, 0.717) is 17.2 Å². The lowest BCUT2D eigenvalue weighted by molar-refractivity contribution is -0.128. The minimum Gasteiger partial charge on any atom is -0.423 e. The molecule has 5 nitrogen and oxygen atoms in total. The molecule has 0 spiro atoms. The fraction of sp³-hybridized carbons (Fsp3) is 0.133. The van der Waals surface area contributed by atoms with Gasteiger partial charge < -0.3 is 4.74 Å². The summed E-state index contributed by atoms with van der Waals surface area (Å²) in [5.41, 5.74) is 0. The van der Waals surface area contributed by atoms with Gasteiger partial charge in [0.25, 0.3) is 10.1 Å². The summed E-state index contributed by atoms with van der Waals surface area (Å²) in [6.45, 7) is 1.89. The van der Waals surface area contributed by atoms with Gasteiger partial charge in [0.05, 0.1) is 0 Å². The molecule has 1 N–H and O–H groups in total. The van der Waals surface area contributed by atoms with Crippen molar-refractivity contribution < 1.29 is 22.5 Å². The fourth-order valence-corrected chi connectivity index (χ4v) is 2.61. The molecule has 0 unspecified atom stereocenters. The van der Waals surface area contributed by atoms with Crippen LogP contribution in [0.5, 0.6) is 5.75 Å². The van der Waals surface area contributed by atoms with Crippen LogP contribution in [0.15, 0.2) is 53.4 Å². The van der Waals surface area contributed by atoms with Crippen LogP contribution in [0.3, 0.4) is 0 Å². The van der Waals surface area contributed by atoms with E-state index < -0.39 is 16.1 Å². The minimum absolute atomic E-state index is 0.220. The quantitative estimate of drug-likeness (QED) is 0.406. The molecule has 0 aromatic heterocycles. The zero-order valence-electron chi connectivity index (χ0n) is 11.3. The van der Waals surface area contributed by atoms with E-state index in [1.54, 1.807) is 24.3 Å². The normalized spacial score (nSPS) is 11.9. The minimum atomic E-state index is -4.34. The lowest BCUT2D eigenvalue weighted by Crippen LogP contribution is -2.05. The molecule has 2 aromatic carbocycles.